The number of carbonyl (C=O) groups excluding carboxylic acids is 1. The van der Waals surface area contributed by atoms with Crippen LogP contribution in [0.15, 0.2) is 54.7 Å². The lowest BCUT2D eigenvalue weighted by atomic mass is 10.1. The minimum absolute atomic E-state index is 0.328. The summed E-state index contributed by atoms with van der Waals surface area (Å²) in [6.45, 7) is 3.98. The van der Waals surface area contributed by atoms with E-state index >= 15 is 0 Å². The standard InChI is InChI=1S/C21H22ClN7O.C2HF3O2/c22-17-13-25-21(28-20(17)27-18-4-2-1-3-16(18)19(23)30)26-14-5-7-15(8-6-14)29-11-9-24-10-12-29;3-2(4,5)1(6)7/h1-8,13,24H,9-12H2,(H2,23,30)(H2,25,26,27,28);(H,6,7). The highest BCUT2D eigenvalue weighted by Crippen LogP contribution is 2.27. The van der Waals surface area contributed by atoms with Gasteiger partial charge in [-0.15, -0.1) is 0 Å². The van der Waals surface area contributed by atoms with Gasteiger partial charge >= 0.3 is 12.1 Å². The van der Waals surface area contributed by atoms with E-state index in [2.05, 4.69) is 43.0 Å². The van der Waals surface area contributed by atoms with Gasteiger partial charge in [-0.1, -0.05) is 23.7 Å². The molecule has 10 nitrogen and oxygen atoms in total. The number of carbonyl (C=O) groups is 2. The largest absolute Gasteiger partial charge is 0.490 e. The van der Waals surface area contributed by atoms with Gasteiger partial charge in [-0.25, -0.2) is 9.78 Å². The first-order valence-electron chi connectivity index (χ1n) is 10.9. The fourth-order valence-corrected chi connectivity index (χ4v) is 3.40. The SMILES string of the molecule is NC(=O)c1ccccc1Nc1nc(Nc2ccc(N3CCNCC3)cc2)ncc1Cl.O=C(O)C(F)(F)F. The van der Waals surface area contributed by atoms with Crippen molar-refractivity contribution in [1.29, 1.82) is 0 Å². The van der Waals surface area contributed by atoms with Gasteiger partial charge in [-0.05, 0) is 36.4 Å². The minimum Gasteiger partial charge on any atom is -0.475 e. The van der Waals surface area contributed by atoms with E-state index in [9.17, 15) is 18.0 Å². The van der Waals surface area contributed by atoms with Crippen molar-refractivity contribution in [3.05, 3.63) is 65.3 Å². The van der Waals surface area contributed by atoms with Gasteiger partial charge in [0.2, 0.25) is 5.95 Å². The van der Waals surface area contributed by atoms with Gasteiger partial charge in [0.15, 0.2) is 5.82 Å². The van der Waals surface area contributed by atoms with E-state index in [1.54, 1.807) is 24.3 Å². The first kappa shape index (κ1) is 27.5. The van der Waals surface area contributed by atoms with Crippen molar-refractivity contribution in [2.24, 2.45) is 5.73 Å². The lowest BCUT2D eigenvalue weighted by Crippen LogP contribution is -2.43. The number of alkyl halides is 3. The van der Waals surface area contributed by atoms with Crippen molar-refractivity contribution in [2.45, 2.75) is 6.18 Å². The lowest BCUT2D eigenvalue weighted by molar-refractivity contribution is -0.192. The number of nitrogens with zero attached hydrogens (tertiary/aromatic N) is 3. The number of nitrogens with one attached hydrogen (secondary N) is 3. The van der Waals surface area contributed by atoms with E-state index in [4.69, 9.17) is 27.2 Å². The molecular weight excluding hydrogens is 515 g/mol. The normalized spacial score (nSPS) is 13.2. The summed E-state index contributed by atoms with van der Waals surface area (Å²) in [6, 6.07) is 15.0. The van der Waals surface area contributed by atoms with Gasteiger partial charge in [0, 0.05) is 37.6 Å². The van der Waals surface area contributed by atoms with E-state index in [-0.39, 0.29) is 0 Å². The molecule has 1 fully saturated rings. The molecule has 37 heavy (non-hydrogen) atoms. The third kappa shape index (κ3) is 7.95. The molecule has 1 aliphatic heterocycles. The van der Waals surface area contributed by atoms with E-state index < -0.39 is 18.1 Å². The number of benzene rings is 2. The number of primary amides is 1. The van der Waals surface area contributed by atoms with Crippen LogP contribution in [0.1, 0.15) is 10.4 Å². The molecule has 0 radical (unpaired) electrons. The first-order valence-corrected chi connectivity index (χ1v) is 11.2. The highest BCUT2D eigenvalue weighted by Gasteiger charge is 2.38. The van der Waals surface area contributed by atoms with Crippen LogP contribution in [0.3, 0.4) is 0 Å². The summed E-state index contributed by atoms with van der Waals surface area (Å²) >= 11 is 6.25. The highest BCUT2D eigenvalue weighted by atomic mass is 35.5. The number of carboxylic acid groups (broad SMARTS) is 1. The molecule has 2 aromatic carbocycles. The second kappa shape index (κ2) is 12.2. The van der Waals surface area contributed by atoms with Crippen LogP contribution in [0.4, 0.5) is 42.0 Å². The third-order valence-corrected chi connectivity index (χ3v) is 5.31. The molecule has 4 rings (SSSR count). The molecular formula is C23H23ClF3N7O3. The van der Waals surface area contributed by atoms with Crippen LogP contribution in [-0.2, 0) is 4.79 Å². The quantitative estimate of drug-likeness (QED) is 0.317. The summed E-state index contributed by atoms with van der Waals surface area (Å²) in [5.74, 6) is -2.53. The number of para-hydroxylation sites is 1. The van der Waals surface area contributed by atoms with Crippen LogP contribution in [0.5, 0.6) is 0 Å². The average molecular weight is 538 g/mol. The van der Waals surface area contributed by atoms with Crippen molar-refractivity contribution in [3.63, 3.8) is 0 Å². The first-order chi connectivity index (χ1) is 17.5. The fourth-order valence-electron chi connectivity index (χ4n) is 3.26. The van der Waals surface area contributed by atoms with E-state index in [1.807, 2.05) is 12.1 Å². The molecule has 196 valence electrons. The predicted octanol–water partition coefficient (Wildman–Crippen LogP) is 3.76. The number of piperazine rings is 1. The molecule has 0 saturated carbocycles. The molecule has 0 atom stereocenters. The summed E-state index contributed by atoms with van der Waals surface area (Å²) in [5.41, 5.74) is 8.36. The van der Waals surface area contributed by atoms with Crippen LogP contribution < -0.4 is 26.6 Å². The number of anilines is 5. The van der Waals surface area contributed by atoms with Crippen molar-refractivity contribution >= 4 is 52.3 Å². The summed E-state index contributed by atoms with van der Waals surface area (Å²) in [4.78, 5) is 31.6. The minimum atomic E-state index is -5.08. The number of halogens is 4. The van der Waals surface area contributed by atoms with Crippen LogP contribution >= 0.6 is 11.6 Å². The van der Waals surface area contributed by atoms with Crippen LogP contribution in [0.25, 0.3) is 0 Å². The van der Waals surface area contributed by atoms with E-state index in [0.717, 1.165) is 31.9 Å². The number of amides is 1. The molecule has 1 saturated heterocycles. The molecule has 1 aromatic heterocycles. The summed E-state index contributed by atoms with van der Waals surface area (Å²) in [7, 11) is 0. The summed E-state index contributed by atoms with van der Waals surface area (Å²) in [5, 5.41) is 17.1. The molecule has 2 heterocycles. The summed E-state index contributed by atoms with van der Waals surface area (Å²) < 4.78 is 31.7. The van der Waals surface area contributed by atoms with Crippen molar-refractivity contribution in [2.75, 3.05) is 41.7 Å². The Kier molecular flexibility index (Phi) is 9.09. The van der Waals surface area contributed by atoms with Crippen molar-refractivity contribution in [1.82, 2.24) is 15.3 Å². The van der Waals surface area contributed by atoms with Gasteiger partial charge in [-0.2, -0.15) is 18.2 Å². The lowest BCUT2D eigenvalue weighted by Gasteiger charge is -2.29. The molecule has 0 bridgehead atoms. The maximum Gasteiger partial charge on any atom is 0.490 e. The third-order valence-electron chi connectivity index (χ3n) is 5.04. The maximum absolute atomic E-state index is 11.6. The zero-order valence-corrected chi connectivity index (χ0v) is 20.0. The van der Waals surface area contributed by atoms with Crippen molar-refractivity contribution in [3.8, 4) is 0 Å². The van der Waals surface area contributed by atoms with Gasteiger partial charge in [0.1, 0.15) is 5.02 Å². The number of hydrogen-bond donors (Lipinski definition) is 5. The van der Waals surface area contributed by atoms with Gasteiger partial charge in [0.25, 0.3) is 5.91 Å². The number of nitrogens with two attached hydrogens (primary N) is 1. The topological polar surface area (TPSA) is 146 Å². The Morgan fingerprint density at radius 3 is 2.27 bits per heavy atom. The molecule has 0 unspecified atom stereocenters. The highest BCUT2D eigenvalue weighted by molar-refractivity contribution is 6.33. The van der Waals surface area contributed by atoms with E-state index in [0.29, 0.717) is 28.0 Å². The molecule has 14 heteroatoms. The van der Waals surface area contributed by atoms with Crippen LogP contribution in [-0.4, -0.2) is 59.3 Å². The molecule has 0 spiro atoms. The number of carboxylic acids is 1. The molecule has 1 aliphatic rings. The monoisotopic (exact) mass is 537 g/mol. The molecule has 0 aliphatic carbocycles. The Morgan fingerprint density at radius 1 is 1.05 bits per heavy atom. The smallest absolute Gasteiger partial charge is 0.475 e. The van der Waals surface area contributed by atoms with E-state index in [1.165, 1.54) is 11.9 Å². The average Bonchev–Trinajstić information content (AvgIpc) is 2.87. The van der Waals surface area contributed by atoms with Crippen LogP contribution in [0.2, 0.25) is 5.02 Å². The van der Waals surface area contributed by atoms with Gasteiger partial charge in [0.05, 0.1) is 17.4 Å². The molecule has 6 N–H and O–H groups in total. The Morgan fingerprint density at radius 2 is 1.68 bits per heavy atom. The molecule has 3 aromatic rings. The second-order valence-electron chi connectivity index (χ2n) is 7.64. The number of rotatable bonds is 6. The van der Waals surface area contributed by atoms with Gasteiger partial charge in [-0.3, -0.25) is 4.79 Å². The van der Waals surface area contributed by atoms with Crippen LogP contribution in [0, 0.1) is 0 Å². The predicted molar refractivity (Wildman–Crippen MR) is 134 cm³/mol. The number of aromatic nitrogens is 2. The second-order valence-corrected chi connectivity index (χ2v) is 8.04. The van der Waals surface area contributed by atoms with Crippen molar-refractivity contribution < 1.29 is 27.9 Å². The Bertz CT molecular complexity index is 1240. The Hall–Kier alpha value is -4.10. The Balaban J connectivity index is 0.000000479. The maximum atomic E-state index is 11.6. The number of hydrogen-bond acceptors (Lipinski definition) is 8. The molecule has 1 amide bonds. The fraction of sp³-hybridized carbons (Fsp3) is 0.217. The zero-order chi connectivity index (χ0) is 27.0. The summed E-state index contributed by atoms with van der Waals surface area (Å²) in [6.07, 6.45) is -3.58. The number of aliphatic carboxylic acids is 1. The zero-order valence-electron chi connectivity index (χ0n) is 19.2. The Labute approximate surface area is 214 Å². The van der Waals surface area contributed by atoms with Gasteiger partial charge < -0.3 is 31.7 Å².